The van der Waals surface area contributed by atoms with Gasteiger partial charge in [-0.05, 0) is 45.0 Å². The van der Waals surface area contributed by atoms with Crippen LogP contribution in [0.4, 0.5) is 26.7 Å². The molecule has 0 unspecified atom stereocenters. The summed E-state index contributed by atoms with van der Waals surface area (Å²) in [5, 5.41) is 2.49. The minimum absolute atomic E-state index is 0.0925. The van der Waals surface area contributed by atoms with Crippen LogP contribution >= 0.6 is 0 Å². The number of nitrogens with zero attached hydrogens (tertiary/aromatic N) is 4. The van der Waals surface area contributed by atoms with Crippen molar-refractivity contribution in [3.05, 3.63) is 47.4 Å². The van der Waals surface area contributed by atoms with Gasteiger partial charge in [-0.3, -0.25) is 9.78 Å². The Morgan fingerprint density at radius 3 is 2.33 bits per heavy atom. The van der Waals surface area contributed by atoms with Gasteiger partial charge in [-0.1, -0.05) is 0 Å². The number of fused-ring (bicyclic) bond motifs is 1. The molecular formula is C26H28F5N5O3. The Kier molecular flexibility index (Phi) is 7.30. The van der Waals surface area contributed by atoms with Crippen LogP contribution in [-0.2, 0) is 24.5 Å². The molecule has 210 valence electrons. The molecule has 1 aliphatic rings. The van der Waals surface area contributed by atoms with Gasteiger partial charge in [0.2, 0.25) is 0 Å². The summed E-state index contributed by atoms with van der Waals surface area (Å²) in [6, 6.07) is 5.24. The summed E-state index contributed by atoms with van der Waals surface area (Å²) in [6.45, 7) is 4.71. The van der Waals surface area contributed by atoms with Gasteiger partial charge < -0.3 is 19.5 Å². The lowest BCUT2D eigenvalue weighted by atomic mass is 10.0. The van der Waals surface area contributed by atoms with Crippen LogP contribution in [0.1, 0.15) is 55.4 Å². The van der Waals surface area contributed by atoms with Crippen LogP contribution in [0.3, 0.4) is 0 Å². The first-order valence-electron chi connectivity index (χ1n) is 12.2. The number of piperidine rings is 1. The number of carbonyl (C=O) groups is 2. The van der Waals surface area contributed by atoms with Crippen LogP contribution in [0, 0.1) is 0 Å². The highest BCUT2D eigenvalue weighted by Gasteiger charge is 2.37. The molecule has 0 bridgehead atoms. The van der Waals surface area contributed by atoms with Crippen LogP contribution in [0.25, 0.3) is 22.3 Å². The van der Waals surface area contributed by atoms with Crippen molar-refractivity contribution in [1.82, 2.24) is 24.8 Å². The van der Waals surface area contributed by atoms with E-state index in [9.17, 15) is 31.5 Å². The number of imidazole rings is 1. The number of hydrogen-bond acceptors (Lipinski definition) is 5. The van der Waals surface area contributed by atoms with Gasteiger partial charge in [-0.25, -0.2) is 18.6 Å². The summed E-state index contributed by atoms with van der Waals surface area (Å²) in [7, 11) is 1.53. The lowest BCUT2D eigenvalue weighted by Gasteiger charge is -2.31. The van der Waals surface area contributed by atoms with Crippen molar-refractivity contribution < 1.29 is 36.3 Å². The predicted octanol–water partition coefficient (Wildman–Crippen LogP) is 5.55. The number of nitrogens with one attached hydrogen (secondary N) is 1. The summed E-state index contributed by atoms with van der Waals surface area (Å²) in [4.78, 5) is 34.3. The van der Waals surface area contributed by atoms with E-state index in [1.807, 2.05) is 0 Å². The van der Waals surface area contributed by atoms with Crippen LogP contribution in [0.2, 0.25) is 0 Å². The number of hydrogen-bond donors (Lipinski definition) is 1. The minimum Gasteiger partial charge on any atom is -0.444 e. The normalized spacial score (nSPS) is 15.9. The molecule has 0 saturated carbocycles. The van der Waals surface area contributed by atoms with Gasteiger partial charge in [0.25, 0.3) is 11.8 Å². The highest BCUT2D eigenvalue weighted by atomic mass is 19.4. The van der Waals surface area contributed by atoms with Gasteiger partial charge in [-0.2, -0.15) is 13.2 Å². The second-order valence-corrected chi connectivity index (χ2v) is 10.4. The molecule has 3 heterocycles. The average Bonchev–Trinajstić information content (AvgIpc) is 3.15. The molecule has 1 fully saturated rings. The molecule has 2 aromatic heterocycles. The summed E-state index contributed by atoms with van der Waals surface area (Å²) in [6.07, 6.45) is -5.09. The molecule has 0 atom stereocenters. The summed E-state index contributed by atoms with van der Waals surface area (Å²) in [5.74, 6) is -3.09. The predicted molar refractivity (Wildman–Crippen MR) is 132 cm³/mol. The molecule has 1 aromatic carbocycles. The third-order valence-corrected chi connectivity index (χ3v) is 6.26. The number of pyridine rings is 1. The van der Waals surface area contributed by atoms with Crippen LogP contribution in [0.5, 0.6) is 0 Å². The number of benzene rings is 1. The second-order valence-electron chi connectivity index (χ2n) is 10.4. The zero-order chi connectivity index (χ0) is 28.8. The number of halogens is 5. The quantitative estimate of drug-likeness (QED) is 0.428. The summed E-state index contributed by atoms with van der Waals surface area (Å²) < 4.78 is 75.5. The molecule has 4 rings (SSSR count). The van der Waals surface area contributed by atoms with Crippen molar-refractivity contribution in [2.45, 2.75) is 57.9 Å². The number of aryl methyl sites for hydroxylation is 1. The van der Waals surface area contributed by atoms with E-state index in [4.69, 9.17) is 4.74 Å². The third kappa shape index (κ3) is 6.45. The van der Waals surface area contributed by atoms with Crippen LogP contribution < -0.4 is 5.32 Å². The van der Waals surface area contributed by atoms with Crippen molar-refractivity contribution in [1.29, 1.82) is 0 Å². The molecule has 39 heavy (non-hydrogen) atoms. The number of ether oxygens (including phenoxy) is 1. The van der Waals surface area contributed by atoms with Crippen LogP contribution in [0.15, 0.2) is 30.5 Å². The Labute approximate surface area is 221 Å². The van der Waals surface area contributed by atoms with E-state index in [2.05, 4.69) is 15.3 Å². The second kappa shape index (κ2) is 10.1. The third-order valence-electron chi connectivity index (χ3n) is 6.26. The van der Waals surface area contributed by atoms with E-state index in [0.29, 0.717) is 0 Å². The summed E-state index contributed by atoms with van der Waals surface area (Å²) in [5.41, 5.74) is -1.38. The molecule has 8 nitrogen and oxygen atoms in total. The maximum Gasteiger partial charge on any atom is 0.418 e. The Morgan fingerprint density at radius 2 is 1.77 bits per heavy atom. The monoisotopic (exact) mass is 553 g/mol. The lowest BCUT2D eigenvalue weighted by molar-refractivity contribution is -0.136. The Bertz CT molecular complexity index is 1380. The first-order chi connectivity index (χ1) is 18.0. The Hall–Kier alpha value is -3.77. The van der Waals surface area contributed by atoms with Gasteiger partial charge in [0, 0.05) is 44.7 Å². The molecule has 0 radical (unpaired) electrons. The lowest BCUT2D eigenvalue weighted by Crippen LogP contribution is -2.42. The standard InChI is InChI=1S/C26H28F5N5O3/c1-24(2,3)39-23(38)33-14-20-34-21-17(26(29,30)31)11-16(12-19(21)35(20)4)18-6-5-15(13-32-18)22(37)36-9-7-25(27,28)8-10-36/h5-6,11-13H,7-10,14H2,1-4H3,(H,33,38). The number of aromatic nitrogens is 3. The van der Waals surface area contributed by atoms with E-state index in [1.165, 1.54) is 40.9 Å². The van der Waals surface area contributed by atoms with E-state index < -0.39 is 48.1 Å². The van der Waals surface area contributed by atoms with Gasteiger partial charge in [0.1, 0.15) is 16.9 Å². The van der Waals surface area contributed by atoms with Crippen molar-refractivity contribution in [3.63, 3.8) is 0 Å². The van der Waals surface area contributed by atoms with Gasteiger partial charge >= 0.3 is 12.3 Å². The molecule has 0 spiro atoms. The van der Waals surface area contributed by atoms with Gasteiger partial charge in [0.05, 0.1) is 28.9 Å². The Morgan fingerprint density at radius 1 is 1.10 bits per heavy atom. The fraction of sp³-hybridized carbons (Fsp3) is 0.462. The molecule has 0 aliphatic carbocycles. The van der Waals surface area contributed by atoms with E-state index >= 15 is 0 Å². The average molecular weight is 554 g/mol. The molecular weight excluding hydrogens is 525 g/mol. The number of carbonyl (C=O) groups excluding carboxylic acids is 2. The van der Waals surface area contributed by atoms with Crippen molar-refractivity contribution in [2.75, 3.05) is 13.1 Å². The topological polar surface area (TPSA) is 89.3 Å². The maximum atomic E-state index is 14.0. The van der Waals surface area contributed by atoms with Gasteiger partial charge in [-0.15, -0.1) is 0 Å². The number of alkyl carbamates (subject to hydrolysis) is 1. The van der Waals surface area contributed by atoms with Crippen molar-refractivity contribution >= 4 is 23.0 Å². The summed E-state index contributed by atoms with van der Waals surface area (Å²) >= 11 is 0. The zero-order valence-electron chi connectivity index (χ0n) is 21.8. The maximum absolute atomic E-state index is 14.0. The first-order valence-corrected chi connectivity index (χ1v) is 12.2. The van der Waals surface area contributed by atoms with Crippen molar-refractivity contribution in [2.24, 2.45) is 7.05 Å². The number of amides is 2. The number of likely N-dealkylation sites (tertiary alicyclic amines) is 1. The molecule has 1 aliphatic heterocycles. The highest BCUT2D eigenvalue weighted by molar-refractivity contribution is 5.94. The first kappa shape index (κ1) is 28.2. The zero-order valence-corrected chi connectivity index (χ0v) is 21.8. The van der Waals surface area contributed by atoms with Gasteiger partial charge in [0.15, 0.2) is 0 Å². The Balaban J connectivity index is 1.62. The molecule has 3 aromatic rings. The fourth-order valence-corrected chi connectivity index (χ4v) is 4.23. The molecule has 1 N–H and O–H groups in total. The van der Waals surface area contributed by atoms with E-state index in [0.717, 1.165) is 6.07 Å². The SMILES string of the molecule is Cn1c(CNC(=O)OC(C)(C)C)nc2c(C(F)(F)F)cc(-c3ccc(C(=O)N4CCC(F)(F)CC4)cn3)cc21. The smallest absolute Gasteiger partial charge is 0.418 e. The largest absolute Gasteiger partial charge is 0.444 e. The molecule has 13 heteroatoms. The molecule has 1 saturated heterocycles. The number of alkyl halides is 5. The van der Waals surface area contributed by atoms with E-state index in [1.54, 1.807) is 20.8 Å². The van der Waals surface area contributed by atoms with E-state index in [-0.39, 0.29) is 53.3 Å². The minimum atomic E-state index is -4.73. The number of rotatable bonds is 4. The van der Waals surface area contributed by atoms with Crippen molar-refractivity contribution in [3.8, 4) is 11.3 Å². The molecule has 2 amide bonds. The highest BCUT2D eigenvalue weighted by Crippen LogP contribution is 2.38. The fourth-order valence-electron chi connectivity index (χ4n) is 4.23. The van der Waals surface area contributed by atoms with Crippen LogP contribution in [-0.4, -0.2) is 56.0 Å².